The molecule has 1 spiro atoms. The zero-order chi connectivity index (χ0) is 15.2. The van der Waals surface area contributed by atoms with Gasteiger partial charge in [0.25, 0.3) is 5.91 Å². The zero-order valence-corrected chi connectivity index (χ0v) is 11.9. The summed E-state index contributed by atoms with van der Waals surface area (Å²) in [5.41, 5.74) is 1.17. The van der Waals surface area contributed by atoms with Crippen LogP contribution in [0, 0.1) is 5.21 Å². The number of benzene rings is 1. The number of nitrogens with zero attached hydrogens (tertiary/aromatic N) is 3. The fourth-order valence-electron chi connectivity index (χ4n) is 3.03. The molecular formula is C14H15N3O5. The van der Waals surface area contributed by atoms with Gasteiger partial charge in [-0.3, -0.25) is 9.42 Å². The molecule has 8 heteroatoms. The van der Waals surface area contributed by atoms with E-state index in [0.29, 0.717) is 60.6 Å². The SMILES string of the molecule is O=C(c1ccc2c(c1)no[n+]2[O-])N1CCC2(CC1)OCCO2. The van der Waals surface area contributed by atoms with Crippen LogP contribution in [0.5, 0.6) is 0 Å². The van der Waals surface area contributed by atoms with Crippen LogP contribution in [-0.4, -0.2) is 48.1 Å². The van der Waals surface area contributed by atoms with Crippen molar-refractivity contribution in [2.24, 2.45) is 0 Å². The topological polar surface area (TPSA) is 91.7 Å². The maximum absolute atomic E-state index is 12.6. The van der Waals surface area contributed by atoms with Crippen molar-refractivity contribution in [1.29, 1.82) is 0 Å². The van der Waals surface area contributed by atoms with E-state index < -0.39 is 5.79 Å². The number of aromatic nitrogens is 2. The summed E-state index contributed by atoms with van der Waals surface area (Å²) in [5, 5.41) is 14.9. The van der Waals surface area contributed by atoms with E-state index >= 15 is 0 Å². The summed E-state index contributed by atoms with van der Waals surface area (Å²) in [5.74, 6) is -0.587. The van der Waals surface area contributed by atoms with E-state index in [0.717, 1.165) is 0 Å². The highest BCUT2D eigenvalue weighted by atomic mass is 16.8. The zero-order valence-electron chi connectivity index (χ0n) is 11.9. The van der Waals surface area contributed by atoms with Crippen LogP contribution in [0.2, 0.25) is 0 Å². The molecule has 1 aromatic heterocycles. The fraction of sp³-hybridized carbons (Fsp3) is 0.500. The lowest BCUT2D eigenvalue weighted by atomic mass is 10.0. The summed E-state index contributed by atoms with van der Waals surface area (Å²) in [6, 6.07) is 4.73. The lowest BCUT2D eigenvalue weighted by molar-refractivity contribution is -0.782. The summed E-state index contributed by atoms with van der Waals surface area (Å²) >= 11 is 0. The van der Waals surface area contributed by atoms with Gasteiger partial charge in [0.2, 0.25) is 11.0 Å². The van der Waals surface area contributed by atoms with Gasteiger partial charge in [0.1, 0.15) is 0 Å². The molecule has 1 amide bonds. The maximum atomic E-state index is 12.6. The smallest absolute Gasteiger partial charge is 0.254 e. The Balaban J connectivity index is 1.51. The molecule has 22 heavy (non-hydrogen) atoms. The Labute approximate surface area is 125 Å². The first-order chi connectivity index (χ1) is 10.7. The lowest BCUT2D eigenvalue weighted by Gasteiger charge is -2.37. The molecule has 0 radical (unpaired) electrons. The highest BCUT2D eigenvalue weighted by molar-refractivity contribution is 5.96. The molecule has 0 saturated carbocycles. The molecular weight excluding hydrogens is 290 g/mol. The lowest BCUT2D eigenvalue weighted by Crippen LogP contribution is -2.47. The molecule has 2 aromatic rings. The number of hydrogen-bond donors (Lipinski definition) is 0. The van der Waals surface area contributed by atoms with E-state index in [1.165, 1.54) is 0 Å². The Hall–Kier alpha value is -2.19. The molecule has 0 atom stereocenters. The van der Waals surface area contributed by atoms with Crippen molar-refractivity contribution in [1.82, 2.24) is 10.1 Å². The molecule has 0 N–H and O–H groups in total. The first kappa shape index (κ1) is 13.5. The van der Waals surface area contributed by atoms with Gasteiger partial charge in [-0.25, -0.2) is 0 Å². The van der Waals surface area contributed by atoms with Gasteiger partial charge in [-0.2, -0.15) is 0 Å². The average Bonchev–Trinajstić information content (AvgIpc) is 3.15. The van der Waals surface area contributed by atoms with Crippen molar-refractivity contribution in [2.45, 2.75) is 18.6 Å². The summed E-state index contributed by atoms with van der Waals surface area (Å²) in [7, 11) is 0. The monoisotopic (exact) mass is 305 g/mol. The van der Waals surface area contributed by atoms with Crippen molar-refractivity contribution < 1.29 is 23.8 Å². The van der Waals surface area contributed by atoms with Crippen LogP contribution >= 0.6 is 0 Å². The van der Waals surface area contributed by atoms with E-state index in [4.69, 9.17) is 9.47 Å². The third kappa shape index (κ3) is 2.11. The van der Waals surface area contributed by atoms with Gasteiger partial charge in [-0.05, 0) is 17.0 Å². The van der Waals surface area contributed by atoms with Crippen LogP contribution in [0.1, 0.15) is 23.2 Å². The Bertz CT molecular complexity index is 712. The minimum absolute atomic E-state index is 0.0878. The molecule has 2 saturated heterocycles. The van der Waals surface area contributed by atoms with Gasteiger partial charge in [-0.1, -0.05) is 0 Å². The molecule has 2 fully saturated rings. The van der Waals surface area contributed by atoms with E-state index in [-0.39, 0.29) is 5.91 Å². The number of ether oxygens (including phenoxy) is 2. The summed E-state index contributed by atoms with van der Waals surface area (Å²) in [6.07, 6.45) is 1.34. The quantitative estimate of drug-likeness (QED) is 0.710. The molecule has 3 heterocycles. The second-order valence-corrected chi connectivity index (χ2v) is 5.53. The van der Waals surface area contributed by atoms with E-state index in [9.17, 15) is 10.0 Å². The molecule has 2 aliphatic heterocycles. The first-order valence-electron chi connectivity index (χ1n) is 7.24. The normalized spacial score (nSPS) is 20.8. The Morgan fingerprint density at radius 3 is 2.73 bits per heavy atom. The first-order valence-corrected chi connectivity index (χ1v) is 7.24. The number of carbonyl (C=O) groups excluding carboxylic acids is 1. The summed E-state index contributed by atoms with van der Waals surface area (Å²) < 4.78 is 15.8. The van der Waals surface area contributed by atoms with E-state index in [1.807, 2.05) is 0 Å². The van der Waals surface area contributed by atoms with E-state index in [1.54, 1.807) is 23.1 Å². The summed E-state index contributed by atoms with van der Waals surface area (Å²) in [6.45, 7) is 2.40. The number of fused-ring (bicyclic) bond motifs is 1. The summed E-state index contributed by atoms with van der Waals surface area (Å²) in [4.78, 5) is 14.6. The molecule has 0 aliphatic carbocycles. The van der Waals surface area contributed by atoms with Crippen molar-refractivity contribution in [3.05, 3.63) is 29.0 Å². The third-order valence-corrected chi connectivity index (χ3v) is 4.26. The van der Waals surface area contributed by atoms with Crippen molar-refractivity contribution in [3.8, 4) is 0 Å². The number of likely N-dealkylation sites (tertiary alicyclic amines) is 1. The molecule has 8 nitrogen and oxygen atoms in total. The largest absolute Gasteiger partial charge is 0.359 e. The van der Waals surface area contributed by atoms with Crippen LogP contribution in [0.3, 0.4) is 0 Å². The van der Waals surface area contributed by atoms with Gasteiger partial charge in [0.05, 0.1) is 13.2 Å². The standard InChI is InChI=1S/C14H15N3O5/c18-13(10-1-2-12-11(9-10)15-22-17(12)19)16-5-3-14(4-6-16)20-7-8-21-14/h1-2,9H,3-8H2. The van der Waals surface area contributed by atoms with Crippen LogP contribution < -0.4 is 4.90 Å². The Kier molecular flexibility index (Phi) is 3.02. The van der Waals surface area contributed by atoms with E-state index in [2.05, 4.69) is 9.79 Å². The highest BCUT2D eigenvalue weighted by Gasteiger charge is 2.40. The van der Waals surface area contributed by atoms with Crippen LogP contribution in [0.4, 0.5) is 0 Å². The minimum atomic E-state index is -0.499. The van der Waals surface area contributed by atoms with Crippen LogP contribution in [0.15, 0.2) is 22.8 Å². The third-order valence-electron chi connectivity index (χ3n) is 4.26. The van der Waals surface area contributed by atoms with Crippen molar-refractivity contribution in [3.63, 3.8) is 0 Å². The fourth-order valence-corrected chi connectivity index (χ4v) is 3.03. The minimum Gasteiger partial charge on any atom is -0.359 e. The Morgan fingerprint density at radius 2 is 2.00 bits per heavy atom. The van der Waals surface area contributed by atoms with Gasteiger partial charge in [0.15, 0.2) is 5.79 Å². The number of amides is 1. The average molecular weight is 305 g/mol. The predicted octanol–water partition coefficient (Wildman–Crippen LogP) is 0.440. The number of piperidine rings is 1. The van der Waals surface area contributed by atoms with Crippen LogP contribution in [0.25, 0.3) is 11.0 Å². The second-order valence-electron chi connectivity index (χ2n) is 5.53. The van der Waals surface area contributed by atoms with Crippen molar-refractivity contribution in [2.75, 3.05) is 26.3 Å². The Morgan fingerprint density at radius 1 is 1.27 bits per heavy atom. The molecule has 4 rings (SSSR count). The molecule has 0 unspecified atom stereocenters. The van der Waals surface area contributed by atoms with Crippen molar-refractivity contribution >= 4 is 16.9 Å². The van der Waals surface area contributed by atoms with Crippen LogP contribution in [-0.2, 0) is 9.47 Å². The maximum Gasteiger partial charge on any atom is 0.254 e. The molecule has 2 aliphatic rings. The van der Waals surface area contributed by atoms with Gasteiger partial charge < -0.3 is 19.6 Å². The second kappa shape index (κ2) is 4.92. The number of hydrogen-bond acceptors (Lipinski definition) is 6. The van der Waals surface area contributed by atoms with Gasteiger partial charge >= 0.3 is 0 Å². The number of carbonyl (C=O) groups is 1. The highest BCUT2D eigenvalue weighted by Crippen LogP contribution is 2.31. The van der Waals surface area contributed by atoms with Gasteiger partial charge in [-0.15, -0.1) is 0 Å². The van der Waals surface area contributed by atoms with Gasteiger partial charge in [0, 0.05) is 42.7 Å². The predicted molar refractivity (Wildman–Crippen MR) is 72.7 cm³/mol. The molecule has 116 valence electrons. The number of rotatable bonds is 1. The molecule has 1 aromatic carbocycles. The molecule has 0 bridgehead atoms.